The van der Waals surface area contributed by atoms with Crippen LogP contribution in [0.3, 0.4) is 0 Å². The van der Waals surface area contributed by atoms with Crippen LogP contribution in [-0.4, -0.2) is 31.9 Å². The molecule has 0 radical (unpaired) electrons. The number of nitrogens with one attached hydrogen (secondary N) is 1. The molecule has 0 bridgehead atoms. The Bertz CT molecular complexity index is 712. The summed E-state index contributed by atoms with van der Waals surface area (Å²) in [4.78, 5) is 12.6. The maximum atomic E-state index is 12.6. The molecular weight excluding hydrogens is 280 g/mol. The van der Waals surface area contributed by atoms with Gasteiger partial charge in [-0.05, 0) is 17.5 Å². The van der Waals surface area contributed by atoms with Crippen molar-refractivity contribution >= 4 is 5.91 Å². The van der Waals surface area contributed by atoms with Crippen molar-refractivity contribution in [1.82, 2.24) is 20.1 Å². The zero-order chi connectivity index (χ0) is 15.1. The van der Waals surface area contributed by atoms with Crippen molar-refractivity contribution in [1.29, 1.82) is 0 Å². The van der Waals surface area contributed by atoms with Gasteiger partial charge in [-0.25, -0.2) is 0 Å². The molecule has 1 aliphatic carbocycles. The molecule has 1 aliphatic heterocycles. The summed E-state index contributed by atoms with van der Waals surface area (Å²) in [7, 11) is 0. The molecule has 0 fully saturated rings. The summed E-state index contributed by atoms with van der Waals surface area (Å²) < 4.78 is 1.94. The zero-order valence-electron chi connectivity index (χ0n) is 12.1. The Balaban J connectivity index is 1.49. The van der Waals surface area contributed by atoms with Crippen LogP contribution in [0.15, 0.2) is 30.6 Å². The highest BCUT2D eigenvalue weighted by molar-refractivity contribution is 5.79. The van der Waals surface area contributed by atoms with Crippen molar-refractivity contribution in [3.63, 3.8) is 0 Å². The van der Waals surface area contributed by atoms with E-state index in [1.54, 1.807) is 6.33 Å². The Morgan fingerprint density at radius 3 is 3.14 bits per heavy atom. The average Bonchev–Trinajstić information content (AvgIpc) is 3.11. The van der Waals surface area contributed by atoms with Crippen molar-refractivity contribution in [3.05, 3.63) is 47.5 Å². The Labute approximate surface area is 128 Å². The van der Waals surface area contributed by atoms with Gasteiger partial charge in [-0.1, -0.05) is 24.3 Å². The number of aliphatic hydroxyl groups excluding tert-OH is 1. The number of aliphatic hydroxyl groups is 1. The number of amides is 1. The minimum Gasteiger partial charge on any atom is -0.390 e. The van der Waals surface area contributed by atoms with Crippen molar-refractivity contribution in [2.45, 2.75) is 38.0 Å². The lowest BCUT2D eigenvalue weighted by Gasteiger charge is -2.25. The summed E-state index contributed by atoms with van der Waals surface area (Å²) in [6, 6.07) is 7.60. The second kappa shape index (κ2) is 5.21. The van der Waals surface area contributed by atoms with Gasteiger partial charge in [-0.2, -0.15) is 0 Å². The molecule has 0 saturated heterocycles. The molecule has 1 aromatic carbocycles. The lowest BCUT2D eigenvalue weighted by atomic mass is 9.97. The van der Waals surface area contributed by atoms with E-state index in [1.807, 2.05) is 28.8 Å². The van der Waals surface area contributed by atoms with Gasteiger partial charge in [-0.15, -0.1) is 10.2 Å². The first-order valence-corrected chi connectivity index (χ1v) is 7.65. The Hall–Kier alpha value is -2.21. The van der Waals surface area contributed by atoms with Gasteiger partial charge in [0, 0.05) is 19.4 Å². The zero-order valence-corrected chi connectivity index (χ0v) is 12.1. The molecule has 2 heterocycles. The van der Waals surface area contributed by atoms with E-state index in [0.29, 0.717) is 13.0 Å². The Kier molecular flexibility index (Phi) is 3.18. The monoisotopic (exact) mass is 298 g/mol. The highest BCUT2D eigenvalue weighted by atomic mass is 16.3. The van der Waals surface area contributed by atoms with Gasteiger partial charge in [0.25, 0.3) is 0 Å². The fraction of sp³-hybridized carbons (Fsp3) is 0.438. The van der Waals surface area contributed by atoms with Gasteiger partial charge < -0.3 is 15.0 Å². The second-order valence-electron chi connectivity index (χ2n) is 6.09. The summed E-state index contributed by atoms with van der Waals surface area (Å²) >= 11 is 0. The predicted octanol–water partition coefficient (Wildman–Crippen LogP) is 0.615. The summed E-state index contributed by atoms with van der Waals surface area (Å²) in [5, 5.41) is 21.2. The van der Waals surface area contributed by atoms with Crippen molar-refractivity contribution in [3.8, 4) is 0 Å². The van der Waals surface area contributed by atoms with E-state index < -0.39 is 6.10 Å². The number of hydrogen-bond acceptors (Lipinski definition) is 4. The van der Waals surface area contributed by atoms with Gasteiger partial charge in [0.15, 0.2) is 0 Å². The van der Waals surface area contributed by atoms with E-state index in [0.717, 1.165) is 29.8 Å². The van der Waals surface area contributed by atoms with Crippen LogP contribution in [-0.2, 0) is 24.2 Å². The minimum absolute atomic E-state index is 0.0000954. The van der Waals surface area contributed by atoms with Crippen LogP contribution in [0.4, 0.5) is 0 Å². The average molecular weight is 298 g/mol. The number of benzene rings is 1. The lowest BCUT2D eigenvalue weighted by molar-refractivity contribution is -0.127. The molecule has 2 aliphatic rings. The molecule has 2 N–H and O–H groups in total. The van der Waals surface area contributed by atoms with Crippen LogP contribution in [0.1, 0.15) is 29.4 Å². The number of rotatable bonds is 2. The van der Waals surface area contributed by atoms with Gasteiger partial charge in [0.1, 0.15) is 12.2 Å². The highest BCUT2D eigenvalue weighted by Gasteiger charge is 2.34. The fourth-order valence-corrected chi connectivity index (χ4v) is 3.49. The van der Waals surface area contributed by atoms with E-state index in [-0.39, 0.29) is 17.9 Å². The summed E-state index contributed by atoms with van der Waals surface area (Å²) in [5.41, 5.74) is 2.15. The molecule has 0 saturated carbocycles. The Morgan fingerprint density at radius 2 is 2.23 bits per heavy atom. The molecule has 1 unspecified atom stereocenters. The standard InChI is InChI=1S/C16H18N4O2/c21-13-7-10-3-1-2-4-12(10)15(13)18-16(22)11-5-6-14-19-17-9-20(14)8-11/h1-4,9,11,13,15,21H,5-8H2,(H,18,22)/t11?,13-,15+/m1/s1. The Morgan fingerprint density at radius 1 is 1.36 bits per heavy atom. The number of carbonyl (C=O) groups is 1. The molecular formula is C16H18N4O2. The van der Waals surface area contributed by atoms with Gasteiger partial charge in [0.2, 0.25) is 5.91 Å². The van der Waals surface area contributed by atoms with Crippen LogP contribution in [0.25, 0.3) is 0 Å². The van der Waals surface area contributed by atoms with Crippen LogP contribution < -0.4 is 5.32 Å². The third-order valence-corrected chi connectivity index (χ3v) is 4.70. The van der Waals surface area contributed by atoms with Crippen LogP contribution in [0.2, 0.25) is 0 Å². The van der Waals surface area contributed by atoms with E-state index >= 15 is 0 Å². The number of nitrogens with zero attached hydrogens (tertiary/aromatic N) is 3. The van der Waals surface area contributed by atoms with E-state index in [9.17, 15) is 9.90 Å². The molecule has 114 valence electrons. The second-order valence-corrected chi connectivity index (χ2v) is 6.09. The maximum Gasteiger partial charge on any atom is 0.225 e. The number of hydrogen-bond donors (Lipinski definition) is 2. The third kappa shape index (κ3) is 2.20. The van der Waals surface area contributed by atoms with Gasteiger partial charge in [-0.3, -0.25) is 4.79 Å². The van der Waals surface area contributed by atoms with Crippen molar-refractivity contribution in [2.24, 2.45) is 5.92 Å². The molecule has 6 nitrogen and oxygen atoms in total. The normalized spacial score (nSPS) is 26.3. The molecule has 6 heteroatoms. The molecule has 22 heavy (non-hydrogen) atoms. The summed E-state index contributed by atoms with van der Waals surface area (Å²) in [6.07, 6.45) is 3.27. The number of fused-ring (bicyclic) bond motifs is 2. The largest absolute Gasteiger partial charge is 0.390 e. The smallest absolute Gasteiger partial charge is 0.225 e. The highest BCUT2D eigenvalue weighted by Crippen LogP contribution is 2.32. The van der Waals surface area contributed by atoms with Crippen molar-refractivity contribution < 1.29 is 9.90 Å². The number of aromatic nitrogens is 3. The van der Waals surface area contributed by atoms with Crippen LogP contribution in [0, 0.1) is 5.92 Å². The molecule has 3 atom stereocenters. The summed E-state index contributed by atoms with van der Waals surface area (Å²) in [6.45, 7) is 0.610. The van der Waals surface area contributed by atoms with E-state index in [4.69, 9.17) is 0 Å². The fourth-order valence-electron chi connectivity index (χ4n) is 3.49. The molecule has 2 aromatic rings. The first-order valence-electron chi connectivity index (χ1n) is 7.65. The summed E-state index contributed by atoms with van der Waals surface area (Å²) in [5.74, 6) is 0.846. The topological polar surface area (TPSA) is 80.0 Å². The molecule has 0 spiro atoms. The van der Waals surface area contributed by atoms with Crippen LogP contribution >= 0.6 is 0 Å². The first kappa shape index (κ1) is 13.5. The molecule has 1 amide bonds. The SMILES string of the molecule is O=C(N[C@H]1c2ccccc2C[C@H]1O)C1CCc2nncn2C1. The van der Waals surface area contributed by atoms with Crippen molar-refractivity contribution in [2.75, 3.05) is 0 Å². The molecule has 1 aromatic heterocycles. The van der Waals surface area contributed by atoms with E-state index in [1.165, 1.54) is 0 Å². The number of carbonyl (C=O) groups excluding carboxylic acids is 1. The maximum absolute atomic E-state index is 12.6. The third-order valence-electron chi connectivity index (χ3n) is 4.70. The van der Waals surface area contributed by atoms with Crippen LogP contribution in [0.5, 0.6) is 0 Å². The predicted molar refractivity (Wildman–Crippen MR) is 78.9 cm³/mol. The number of aryl methyl sites for hydroxylation is 1. The minimum atomic E-state index is -0.546. The van der Waals surface area contributed by atoms with Gasteiger partial charge >= 0.3 is 0 Å². The quantitative estimate of drug-likeness (QED) is 0.851. The molecule has 4 rings (SSSR count). The first-order chi connectivity index (χ1) is 10.7. The van der Waals surface area contributed by atoms with Gasteiger partial charge in [0.05, 0.1) is 18.1 Å². The lowest BCUT2D eigenvalue weighted by Crippen LogP contribution is -2.40. The van der Waals surface area contributed by atoms with E-state index in [2.05, 4.69) is 15.5 Å².